The van der Waals surface area contributed by atoms with Crippen LogP contribution in [0, 0.1) is 6.92 Å². The number of halogens is 1. The number of nitrogens with one attached hydrogen (secondary N) is 1. The van der Waals surface area contributed by atoms with Crippen molar-refractivity contribution in [3.63, 3.8) is 0 Å². The van der Waals surface area contributed by atoms with Crippen molar-refractivity contribution >= 4 is 39.1 Å². The van der Waals surface area contributed by atoms with Crippen LogP contribution < -0.4 is 14.4 Å². The van der Waals surface area contributed by atoms with Crippen LogP contribution in [0.15, 0.2) is 42.5 Å². The Kier molecular flexibility index (Phi) is 11.9. The molecule has 2 amide bonds. The van der Waals surface area contributed by atoms with Gasteiger partial charge in [-0.15, -0.1) is 0 Å². The fourth-order valence-electron chi connectivity index (χ4n) is 4.14. The zero-order chi connectivity index (χ0) is 28.5. The van der Waals surface area contributed by atoms with Crippen molar-refractivity contribution in [3.8, 4) is 5.75 Å². The number of methoxy groups -OCH3 is 1. The maximum absolute atomic E-state index is 13.6. The van der Waals surface area contributed by atoms with Gasteiger partial charge in [0.05, 0.1) is 19.1 Å². The topological polar surface area (TPSA) is 96.0 Å². The number of carbonyl (C=O) groups is 2. The minimum absolute atomic E-state index is 0.0151. The first-order valence-corrected chi connectivity index (χ1v) is 15.1. The Morgan fingerprint density at radius 1 is 1.08 bits per heavy atom. The van der Waals surface area contributed by atoms with Crippen LogP contribution in [-0.2, 0) is 26.2 Å². The second-order valence-corrected chi connectivity index (χ2v) is 11.7. The lowest BCUT2D eigenvalue weighted by Crippen LogP contribution is -2.50. The predicted octanol–water partition coefficient (Wildman–Crippen LogP) is 4.93. The van der Waals surface area contributed by atoms with Gasteiger partial charge in [0.25, 0.3) is 0 Å². The van der Waals surface area contributed by atoms with Gasteiger partial charge in [-0.3, -0.25) is 13.9 Å². The highest BCUT2D eigenvalue weighted by molar-refractivity contribution is 7.92. The third-order valence-corrected chi connectivity index (χ3v) is 8.15. The van der Waals surface area contributed by atoms with Crippen molar-refractivity contribution in [2.24, 2.45) is 0 Å². The number of benzene rings is 2. The molecule has 2 atom stereocenters. The minimum atomic E-state index is -3.61. The number of ether oxygens (including phenoxy) is 1. The first-order chi connectivity index (χ1) is 17.9. The molecule has 1 N–H and O–H groups in total. The second-order valence-electron chi connectivity index (χ2n) is 9.43. The van der Waals surface area contributed by atoms with E-state index in [0.29, 0.717) is 28.4 Å². The highest BCUT2D eigenvalue weighted by Crippen LogP contribution is 2.28. The summed E-state index contributed by atoms with van der Waals surface area (Å²) in [5, 5.41) is 3.46. The summed E-state index contributed by atoms with van der Waals surface area (Å²) in [6, 6.07) is 11.8. The molecular formula is C28H40ClN3O5S. The number of sulfonamides is 1. The highest BCUT2D eigenvalue weighted by Gasteiger charge is 2.29. The molecule has 0 aliphatic rings. The molecule has 0 radical (unpaired) electrons. The van der Waals surface area contributed by atoms with Crippen LogP contribution in [0.5, 0.6) is 5.75 Å². The smallest absolute Gasteiger partial charge is 0.243 e. The third-order valence-electron chi connectivity index (χ3n) is 6.56. The summed E-state index contributed by atoms with van der Waals surface area (Å²) in [6.07, 6.45) is 2.72. The average molecular weight is 566 g/mol. The molecule has 0 saturated carbocycles. The van der Waals surface area contributed by atoms with Crippen molar-refractivity contribution in [3.05, 3.63) is 58.6 Å². The monoisotopic (exact) mass is 565 g/mol. The molecule has 2 aromatic carbocycles. The Hall–Kier alpha value is -2.78. The Balaban J connectivity index is 2.26. The van der Waals surface area contributed by atoms with Crippen LogP contribution in [0.1, 0.15) is 57.6 Å². The molecular weight excluding hydrogens is 526 g/mol. The van der Waals surface area contributed by atoms with E-state index in [-0.39, 0.29) is 43.8 Å². The highest BCUT2D eigenvalue weighted by atomic mass is 35.5. The molecule has 0 bridgehead atoms. The van der Waals surface area contributed by atoms with E-state index in [9.17, 15) is 18.0 Å². The lowest BCUT2D eigenvalue weighted by Gasteiger charge is -2.32. The number of carbonyl (C=O) groups excluding carboxylic acids is 2. The summed E-state index contributed by atoms with van der Waals surface area (Å²) in [5.74, 6) is 0.282. The molecule has 0 fully saturated rings. The van der Waals surface area contributed by atoms with Gasteiger partial charge >= 0.3 is 0 Å². The molecule has 10 heteroatoms. The van der Waals surface area contributed by atoms with E-state index in [4.69, 9.17) is 16.3 Å². The molecule has 0 unspecified atom stereocenters. The van der Waals surface area contributed by atoms with Gasteiger partial charge in [0.1, 0.15) is 11.8 Å². The molecule has 0 heterocycles. The molecule has 0 spiro atoms. The lowest BCUT2D eigenvalue weighted by atomic mass is 10.1. The molecule has 38 heavy (non-hydrogen) atoms. The summed E-state index contributed by atoms with van der Waals surface area (Å²) in [5.41, 5.74) is 2.00. The van der Waals surface area contributed by atoms with E-state index in [1.165, 1.54) is 4.31 Å². The Bertz CT molecular complexity index is 1190. The quantitative estimate of drug-likeness (QED) is 0.350. The van der Waals surface area contributed by atoms with Gasteiger partial charge in [-0.05, 0) is 68.5 Å². The molecule has 210 valence electrons. The Morgan fingerprint density at radius 2 is 1.74 bits per heavy atom. The number of hydrogen-bond donors (Lipinski definition) is 1. The number of hydrogen-bond acceptors (Lipinski definition) is 5. The van der Waals surface area contributed by atoms with E-state index in [2.05, 4.69) is 5.32 Å². The normalized spacial score (nSPS) is 12.9. The van der Waals surface area contributed by atoms with Crippen molar-refractivity contribution in [1.29, 1.82) is 0 Å². The van der Waals surface area contributed by atoms with Crippen molar-refractivity contribution in [1.82, 2.24) is 10.2 Å². The third kappa shape index (κ3) is 8.63. The standard InChI is InChI=1S/C28H40ClN3O5S/c1-7-20(3)30-28(34)25(8-2)31(19-22-14-16-23(37-5)17-15-22)27(33)13-10-18-32(38(6,35)36)26-12-9-11-24(29)21(26)4/h9,11-12,14-17,20,25H,7-8,10,13,18-19H2,1-6H3,(H,30,34)/t20-,25+/m0/s1. The van der Waals surface area contributed by atoms with Crippen LogP contribution in [0.25, 0.3) is 0 Å². The maximum Gasteiger partial charge on any atom is 0.243 e. The fraction of sp³-hybridized carbons (Fsp3) is 0.500. The zero-order valence-corrected chi connectivity index (χ0v) is 24.7. The van der Waals surface area contributed by atoms with E-state index >= 15 is 0 Å². The van der Waals surface area contributed by atoms with Gasteiger partial charge in [-0.1, -0.05) is 43.6 Å². The molecule has 0 aromatic heterocycles. The summed E-state index contributed by atoms with van der Waals surface area (Å²) < 4.78 is 31.7. The van der Waals surface area contributed by atoms with E-state index in [0.717, 1.165) is 18.2 Å². The number of nitrogens with zero attached hydrogens (tertiary/aromatic N) is 2. The predicted molar refractivity (Wildman–Crippen MR) is 153 cm³/mol. The summed E-state index contributed by atoms with van der Waals surface area (Å²) in [7, 11) is -2.02. The van der Waals surface area contributed by atoms with Crippen molar-refractivity contribution < 1.29 is 22.7 Å². The van der Waals surface area contributed by atoms with Crippen LogP contribution in [-0.4, -0.2) is 57.1 Å². The van der Waals surface area contributed by atoms with Crippen LogP contribution in [0.4, 0.5) is 5.69 Å². The van der Waals surface area contributed by atoms with E-state index in [1.54, 1.807) is 37.1 Å². The molecule has 0 aliphatic heterocycles. The van der Waals surface area contributed by atoms with Crippen molar-refractivity contribution in [2.45, 2.75) is 72.0 Å². The molecule has 2 aromatic rings. The van der Waals surface area contributed by atoms with E-state index in [1.807, 2.05) is 45.0 Å². The Morgan fingerprint density at radius 3 is 2.29 bits per heavy atom. The first kappa shape index (κ1) is 31.4. The number of amides is 2. The largest absolute Gasteiger partial charge is 0.497 e. The van der Waals surface area contributed by atoms with Gasteiger partial charge in [0.2, 0.25) is 21.8 Å². The molecule has 8 nitrogen and oxygen atoms in total. The van der Waals surface area contributed by atoms with Crippen molar-refractivity contribution in [2.75, 3.05) is 24.2 Å². The lowest BCUT2D eigenvalue weighted by molar-refractivity contribution is -0.141. The molecule has 0 saturated heterocycles. The summed E-state index contributed by atoms with van der Waals surface area (Å²) in [4.78, 5) is 28.3. The van der Waals surface area contributed by atoms with Gasteiger partial charge in [0.15, 0.2) is 0 Å². The molecule has 2 rings (SSSR count). The summed E-state index contributed by atoms with van der Waals surface area (Å²) >= 11 is 6.23. The molecule has 0 aliphatic carbocycles. The SMILES string of the molecule is CC[C@H](C(=O)N[C@@H](C)CC)N(Cc1ccc(OC)cc1)C(=O)CCCN(c1cccc(Cl)c1C)S(C)(=O)=O. The van der Waals surface area contributed by atoms with Gasteiger partial charge < -0.3 is 15.0 Å². The van der Waals surface area contributed by atoms with Crippen LogP contribution >= 0.6 is 11.6 Å². The second kappa shape index (κ2) is 14.4. The Labute approximate surface area is 232 Å². The maximum atomic E-state index is 13.6. The van der Waals surface area contributed by atoms with E-state index < -0.39 is 16.1 Å². The fourth-order valence-corrected chi connectivity index (χ4v) is 5.32. The van der Waals surface area contributed by atoms with Crippen LogP contribution in [0.2, 0.25) is 5.02 Å². The number of anilines is 1. The minimum Gasteiger partial charge on any atom is -0.497 e. The van der Waals surface area contributed by atoms with Gasteiger partial charge in [-0.2, -0.15) is 0 Å². The average Bonchev–Trinajstić information content (AvgIpc) is 2.87. The van der Waals surface area contributed by atoms with Gasteiger partial charge in [-0.25, -0.2) is 8.42 Å². The van der Waals surface area contributed by atoms with Gasteiger partial charge in [0, 0.05) is 30.6 Å². The zero-order valence-electron chi connectivity index (χ0n) is 23.2. The summed E-state index contributed by atoms with van der Waals surface area (Å²) in [6.45, 7) is 7.91. The number of rotatable bonds is 14. The van der Waals surface area contributed by atoms with Crippen LogP contribution in [0.3, 0.4) is 0 Å². The first-order valence-electron chi connectivity index (χ1n) is 12.9.